The molecule has 0 bridgehead atoms. The molecule has 6 heteroatoms. The van der Waals surface area contributed by atoms with Crippen LogP contribution in [0.3, 0.4) is 0 Å². The molecule has 0 aromatic carbocycles. The number of fused-ring (bicyclic) bond motifs is 1. The lowest BCUT2D eigenvalue weighted by molar-refractivity contribution is 1.09. The predicted octanol–water partition coefficient (Wildman–Crippen LogP) is 1.02. The minimum absolute atomic E-state index is 0.396. The number of hydrogen-bond acceptors (Lipinski definition) is 4. The number of hydrogen-bond donors (Lipinski definition) is 2. The SMILES string of the molecule is N#Cc1cnc(N)c2c(I)[nH]nc12. The van der Waals surface area contributed by atoms with Gasteiger partial charge in [0, 0.05) is 6.20 Å². The molecule has 0 aliphatic heterocycles. The van der Waals surface area contributed by atoms with Crippen molar-refractivity contribution in [1.29, 1.82) is 5.26 Å². The van der Waals surface area contributed by atoms with Gasteiger partial charge in [-0.05, 0) is 22.6 Å². The van der Waals surface area contributed by atoms with Gasteiger partial charge >= 0.3 is 0 Å². The second kappa shape index (κ2) is 2.85. The zero-order valence-electron chi connectivity index (χ0n) is 6.37. The van der Waals surface area contributed by atoms with E-state index >= 15 is 0 Å². The molecule has 0 unspecified atom stereocenters. The van der Waals surface area contributed by atoms with Gasteiger partial charge in [-0.2, -0.15) is 10.4 Å². The lowest BCUT2D eigenvalue weighted by Crippen LogP contribution is -1.92. The second-order valence-corrected chi connectivity index (χ2v) is 3.51. The molecule has 2 aromatic rings. The maximum Gasteiger partial charge on any atom is 0.135 e. The van der Waals surface area contributed by atoms with E-state index in [2.05, 4.69) is 37.8 Å². The molecule has 64 valence electrons. The van der Waals surface area contributed by atoms with Crippen LogP contribution in [0.5, 0.6) is 0 Å². The number of nitriles is 1. The van der Waals surface area contributed by atoms with Crippen molar-refractivity contribution < 1.29 is 0 Å². The average Bonchev–Trinajstić information content (AvgIpc) is 2.50. The molecule has 0 fully saturated rings. The van der Waals surface area contributed by atoms with E-state index in [4.69, 9.17) is 11.0 Å². The second-order valence-electron chi connectivity index (χ2n) is 2.43. The van der Waals surface area contributed by atoms with E-state index in [1.807, 2.05) is 6.07 Å². The molecule has 0 saturated carbocycles. The van der Waals surface area contributed by atoms with Gasteiger partial charge in [0.15, 0.2) is 0 Å². The quantitative estimate of drug-likeness (QED) is 0.707. The molecule has 0 aliphatic carbocycles. The van der Waals surface area contributed by atoms with E-state index in [9.17, 15) is 0 Å². The zero-order valence-corrected chi connectivity index (χ0v) is 8.53. The molecule has 0 saturated heterocycles. The number of pyridine rings is 1. The van der Waals surface area contributed by atoms with Crippen LogP contribution < -0.4 is 5.73 Å². The van der Waals surface area contributed by atoms with Crippen LogP contribution in [0.15, 0.2) is 6.20 Å². The van der Waals surface area contributed by atoms with Crippen LogP contribution in [-0.2, 0) is 0 Å². The van der Waals surface area contributed by atoms with E-state index in [-0.39, 0.29) is 0 Å². The highest BCUT2D eigenvalue weighted by Crippen LogP contribution is 2.24. The first-order valence-corrected chi connectivity index (χ1v) is 4.50. The summed E-state index contributed by atoms with van der Waals surface area (Å²) in [5, 5.41) is 16.2. The number of nitrogens with one attached hydrogen (secondary N) is 1. The predicted molar refractivity (Wildman–Crippen MR) is 55.7 cm³/mol. The van der Waals surface area contributed by atoms with Crippen LogP contribution in [0.4, 0.5) is 5.82 Å². The fourth-order valence-electron chi connectivity index (χ4n) is 1.09. The third-order valence-electron chi connectivity index (χ3n) is 1.69. The van der Waals surface area contributed by atoms with Gasteiger partial charge in [0.2, 0.25) is 0 Å². The van der Waals surface area contributed by atoms with Crippen molar-refractivity contribution in [2.24, 2.45) is 0 Å². The highest BCUT2D eigenvalue weighted by atomic mass is 127. The van der Waals surface area contributed by atoms with Crippen molar-refractivity contribution in [3.05, 3.63) is 15.5 Å². The molecule has 3 N–H and O–H groups in total. The molecule has 0 aliphatic rings. The first kappa shape index (κ1) is 8.25. The molecule has 2 heterocycles. The Morgan fingerprint density at radius 3 is 3.08 bits per heavy atom. The van der Waals surface area contributed by atoms with Gasteiger partial charge in [0.25, 0.3) is 0 Å². The lowest BCUT2D eigenvalue weighted by atomic mass is 10.2. The number of anilines is 1. The molecule has 13 heavy (non-hydrogen) atoms. The Bertz CT molecular complexity index is 509. The Kier molecular flexibility index (Phi) is 1.81. The van der Waals surface area contributed by atoms with Crippen LogP contribution >= 0.6 is 22.6 Å². The van der Waals surface area contributed by atoms with Gasteiger partial charge in [-0.1, -0.05) is 0 Å². The summed E-state index contributed by atoms with van der Waals surface area (Å²) in [6, 6.07) is 2.01. The van der Waals surface area contributed by atoms with E-state index in [0.29, 0.717) is 16.9 Å². The number of halogens is 1. The largest absolute Gasteiger partial charge is 0.383 e. The molecular formula is C7H4IN5. The van der Waals surface area contributed by atoms with Crippen molar-refractivity contribution in [1.82, 2.24) is 15.2 Å². The summed E-state index contributed by atoms with van der Waals surface area (Å²) in [6.07, 6.45) is 1.43. The molecule has 0 spiro atoms. The minimum Gasteiger partial charge on any atom is -0.383 e. The summed E-state index contributed by atoms with van der Waals surface area (Å²) in [5.41, 5.74) is 6.66. The minimum atomic E-state index is 0.396. The zero-order chi connectivity index (χ0) is 9.42. The van der Waals surface area contributed by atoms with Gasteiger partial charge in [0.1, 0.15) is 21.1 Å². The molecule has 0 atom stereocenters. The van der Waals surface area contributed by atoms with Crippen molar-refractivity contribution in [2.45, 2.75) is 0 Å². The highest BCUT2D eigenvalue weighted by Gasteiger charge is 2.11. The standard InChI is InChI=1S/C7H4IN5/c8-6-4-5(12-13-6)3(1-9)2-11-7(4)10/h2H,(H2,10,11)(H,12,13). The summed E-state index contributed by atoms with van der Waals surface area (Å²) in [7, 11) is 0. The molecule has 5 nitrogen and oxygen atoms in total. The van der Waals surface area contributed by atoms with Crippen LogP contribution in [-0.4, -0.2) is 15.2 Å². The van der Waals surface area contributed by atoms with Crippen LogP contribution in [0, 0.1) is 15.0 Å². The topological polar surface area (TPSA) is 91.4 Å². The van der Waals surface area contributed by atoms with Gasteiger partial charge in [-0.25, -0.2) is 4.98 Å². The Hall–Kier alpha value is -1.36. The van der Waals surface area contributed by atoms with Gasteiger partial charge < -0.3 is 5.73 Å². The summed E-state index contributed by atoms with van der Waals surface area (Å²) < 4.78 is 0.801. The Morgan fingerprint density at radius 2 is 2.38 bits per heavy atom. The van der Waals surface area contributed by atoms with E-state index in [1.165, 1.54) is 6.20 Å². The lowest BCUT2D eigenvalue weighted by Gasteiger charge is -1.95. The Balaban J connectivity index is 2.97. The number of nitrogen functional groups attached to an aromatic ring is 1. The number of nitrogens with zero attached hydrogens (tertiary/aromatic N) is 3. The smallest absolute Gasteiger partial charge is 0.135 e. The van der Waals surface area contributed by atoms with Crippen LogP contribution in [0.25, 0.3) is 10.9 Å². The first-order chi connectivity index (χ1) is 6.24. The van der Waals surface area contributed by atoms with E-state index in [1.54, 1.807) is 0 Å². The van der Waals surface area contributed by atoms with Crippen molar-refractivity contribution >= 4 is 39.3 Å². The fraction of sp³-hybridized carbons (Fsp3) is 0. The van der Waals surface area contributed by atoms with Crippen molar-refractivity contribution in [3.8, 4) is 6.07 Å². The molecule has 2 aromatic heterocycles. The van der Waals surface area contributed by atoms with E-state index in [0.717, 1.165) is 9.09 Å². The molecule has 0 amide bonds. The van der Waals surface area contributed by atoms with Crippen LogP contribution in [0.1, 0.15) is 5.56 Å². The highest BCUT2D eigenvalue weighted by molar-refractivity contribution is 14.1. The maximum absolute atomic E-state index is 8.75. The van der Waals surface area contributed by atoms with Crippen LogP contribution in [0.2, 0.25) is 0 Å². The normalized spacial score (nSPS) is 10.2. The van der Waals surface area contributed by atoms with Gasteiger partial charge in [0.05, 0.1) is 10.9 Å². The van der Waals surface area contributed by atoms with E-state index < -0.39 is 0 Å². The fourth-order valence-corrected chi connectivity index (χ4v) is 1.74. The Morgan fingerprint density at radius 1 is 1.62 bits per heavy atom. The van der Waals surface area contributed by atoms with Crippen molar-refractivity contribution in [3.63, 3.8) is 0 Å². The number of nitrogens with two attached hydrogens (primary N) is 1. The third-order valence-corrected chi connectivity index (χ3v) is 2.47. The third kappa shape index (κ3) is 1.12. The summed E-state index contributed by atoms with van der Waals surface area (Å²) in [6.45, 7) is 0. The maximum atomic E-state index is 8.75. The number of aromatic amines is 1. The number of H-pyrrole nitrogens is 1. The van der Waals surface area contributed by atoms with Crippen molar-refractivity contribution in [2.75, 3.05) is 5.73 Å². The average molecular weight is 285 g/mol. The number of rotatable bonds is 0. The monoisotopic (exact) mass is 285 g/mol. The molecular weight excluding hydrogens is 281 g/mol. The summed E-state index contributed by atoms with van der Waals surface area (Å²) >= 11 is 2.06. The number of aromatic nitrogens is 3. The summed E-state index contributed by atoms with van der Waals surface area (Å²) in [5.74, 6) is 0.396. The molecule has 0 radical (unpaired) electrons. The first-order valence-electron chi connectivity index (χ1n) is 3.42. The summed E-state index contributed by atoms with van der Waals surface area (Å²) in [4.78, 5) is 3.90. The van der Waals surface area contributed by atoms with Gasteiger partial charge in [-0.3, -0.25) is 5.10 Å². The molecule has 2 rings (SSSR count). The Labute approximate surface area is 87.1 Å². The van der Waals surface area contributed by atoms with Gasteiger partial charge in [-0.15, -0.1) is 0 Å².